The molecule has 0 aliphatic rings. The van der Waals surface area contributed by atoms with Crippen LogP contribution in [0.3, 0.4) is 0 Å². The minimum atomic E-state index is -0.821. The molecule has 3 aromatic rings. The van der Waals surface area contributed by atoms with Gasteiger partial charge in [0, 0.05) is 16.6 Å². The van der Waals surface area contributed by atoms with Gasteiger partial charge in [0.1, 0.15) is 11.4 Å². The van der Waals surface area contributed by atoms with E-state index in [4.69, 9.17) is 9.15 Å². The van der Waals surface area contributed by atoms with Crippen LogP contribution in [0.1, 0.15) is 30.0 Å². The summed E-state index contributed by atoms with van der Waals surface area (Å²) in [5.41, 5.74) is 1.34. The highest BCUT2D eigenvalue weighted by molar-refractivity contribution is 6.06. The van der Waals surface area contributed by atoms with Gasteiger partial charge in [0.25, 0.3) is 5.91 Å². The van der Waals surface area contributed by atoms with Crippen molar-refractivity contribution in [3.63, 3.8) is 0 Å². The third-order valence-electron chi connectivity index (χ3n) is 4.11. The van der Waals surface area contributed by atoms with Gasteiger partial charge >= 0.3 is 6.09 Å². The molecule has 1 heterocycles. The summed E-state index contributed by atoms with van der Waals surface area (Å²) in [6.45, 7) is 4.00. The Morgan fingerprint density at radius 3 is 2.62 bits per heavy atom. The average molecular weight is 400 g/mol. The molecular formula is C21H21FN2O5. The molecule has 0 unspecified atom stereocenters. The van der Waals surface area contributed by atoms with Crippen molar-refractivity contribution >= 4 is 34.3 Å². The van der Waals surface area contributed by atoms with Gasteiger partial charge in [-0.15, -0.1) is 0 Å². The van der Waals surface area contributed by atoms with Crippen LogP contribution in [0.25, 0.3) is 11.0 Å². The molecular weight excluding hydrogens is 379 g/mol. The van der Waals surface area contributed by atoms with Gasteiger partial charge in [-0.25, -0.2) is 9.18 Å². The van der Waals surface area contributed by atoms with Gasteiger partial charge in [-0.3, -0.25) is 10.1 Å². The Bertz CT molecular complexity index is 1040. The smallest absolute Gasteiger partial charge is 0.411 e. The van der Waals surface area contributed by atoms with Crippen molar-refractivity contribution in [3.05, 3.63) is 59.6 Å². The first kappa shape index (κ1) is 20.3. The van der Waals surface area contributed by atoms with Gasteiger partial charge in [-0.1, -0.05) is 18.2 Å². The number of furan rings is 1. The molecule has 2 N–H and O–H groups in total. The molecule has 0 spiro atoms. The molecule has 0 fully saturated rings. The Morgan fingerprint density at radius 2 is 1.90 bits per heavy atom. The monoisotopic (exact) mass is 400 g/mol. The summed E-state index contributed by atoms with van der Waals surface area (Å²) in [7, 11) is 1.17. The molecule has 29 heavy (non-hydrogen) atoms. The molecule has 0 radical (unpaired) electrons. The van der Waals surface area contributed by atoms with Gasteiger partial charge in [-0.05, 0) is 38.1 Å². The molecule has 2 amide bonds. The number of carbonyl (C=O) groups excluding carboxylic acids is 2. The molecule has 3 rings (SSSR count). The number of para-hydroxylation sites is 1. The van der Waals surface area contributed by atoms with Crippen molar-refractivity contribution in [2.45, 2.75) is 26.6 Å². The van der Waals surface area contributed by atoms with Crippen molar-refractivity contribution in [2.75, 3.05) is 17.7 Å². The summed E-state index contributed by atoms with van der Waals surface area (Å²) in [6.07, 6.45) is -0.846. The summed E-state index contributed by atoms with van der Waals surface area (Å²) < 4.78 is 29.8. The van der Waals surface area contributed by atoms with Crippen LogP contribution in [0.15, 0.2) is 46.9 Å². The quantitative estimate of drug-likeness (QED) is 0.612. The summed E-state index contributed by atoms with van der Waals surface area (Å²) in [5, 5.41) is 5.69. The predicted octanol–water partition coefficient (Wildman–Crippen LogP) is 4.93. The first-order chi connectivity index (χ1) is 13.9. The minimum absolute atomic E-state index is 0.0244. The minimum Gasteiger partial charge on any atom is -0.453 e. The molecule has 8 heteroatoms. The number of hydrogen-bond acceptors (Lipinski definition) is 5. The molecule has 7 nitrogen and oxygen atoms in total. The van der Waals surface area contributed by atoms with Crippen LogP contribution in [0, 0.1) is 5.82 Å². The lowest BCUT2D eigenvalue weighted by molar-refractivity contribution is 0.0648. The van der Waals surface area contributed by atoms with E-state index in [-0.39, 0.29) is 29.8 Å². The zero-order chi connectivity index (χ0) is 21.0. The number of benzene rings is 2. The second kappa shape index (κ2) is 8.74. The van der Waals surface area contributed by atoms with Gasteiger partial charge in [0.2, 0.25) is 0 Å². The Kier molecular flexibility index (Phi) is 6.13. The largest absolute Gasteiger partial charge is 0.453 e. The third-order valence-corrected chi connectivity index (χ3v) is 4.11. The van der Waals surface area contributed by atoms with Crippen molar-refractivity contribution in [3.8, 4) is 0 Å². The molecule has 152 valence electrons. The van der Waals surface area contributed by atoms with E-state index in [2.05, 4.69) is 15.4 Å². The van der Waals surface area contributed by atoms with Crippen molar-refractivity contribution in [2.24, 2.45) is 0 Å². The van der Waals surface area contributed by atoms with Crippen molar-refractivity contribution in [1.82, 2.24) is 0 Å². The van der Waals surface area contributed by atoms with E-state index in [0.717, 1.165) is 11.5 Å². The number of fused-ring (bicyclic) bond motifs is 1. The fourth-order valence-corrected chi connectivity index (χ4v) is 2.72. The number of anilines is 2. The van der Waals surface area contributed by atoms with Crippen LogP contribution in [-0.4, -0.2) is 25.2 Å². The summed E-state index contributed by atoms with van der Waals surface area (Å²) in [4.78, 5) is 24.2. The van der Waals surface area contributed by atoms with Gasteiger partial charge in [0.15, 0.2) is 5.76 Å². The maximum absolute atomic E-state index is 13.9. The Morgan fingerprint density at radius 1 is 1.14 bits per heavy atom. The van der Waals surface area contributed by atoms with Crippen LogP contribution >= 0.6 is 0 Å². The van der Waals surface area contributed by atoms with Crippen LogP contribution in [0.2, 0.25) is 0 Å². The van der Waals surface area contributed by atoms with Crippen molar-refractivity contribution < 1.29 is 27.9 Å². The van der Waals surface area contributed by atoms with Crippen LogP contribution in [-0.2, 0) is 16.1 Å². The zero-order valence-electron chi connectivity index (χ0n) is 16.2. The molecule has 0 bridgehead atoms. The highest BCUT2D eigenvalue weighted by Gasteiger charge is 2.21. The standard InChI is InChI=1S/C21H21FN2O5/c1-12(2)28-11-15-14-6-4-5-7-18(14)29-19(15)20(25)23-13-8-9-16(22)17(10-13)24-21(26)27-3/h4-10,12H,11H2,1-3H3,(H,23,25)(H,24,26). The molecule has 2 aromatic carbocycles. The Balaban J connectivity index is 1.89. The van der Waals surface area contributed by atoms with E-state index >= 15 is 0 Å². The predicted molar refractivity (Wildman–Crippen MR) is 107 cm³/mol. The fraction of sp³-hybridized carbons (Fsp3) is 0.238. The van der Waals surface area contributed by atoms with Crippen LogP contribution in [0.5, 0.6) is 0 Å². The number of amides is 2. The molecule has 0 aliphatic carbocycles. The maximum Gasteiger partial charge on any atom is 0.411 e. The number of ether oxygens (including phenoxy) is 2. The van der Waals surface area contributed by atoms with Gasteiger partial charge in [0.05, 0.1) is 25.5 Å². The summed E-state index contributed by atoms with van der Waals surface area (Å²) >= 11 is 0. The second-order valence-electron chi connectivity index (χ2n) is 6.53. The molecule has 0 atom stereocenters. The molecule has 0 aliphatic heterocycles. The van der Waals surface area contributed by atoms with E-state index < -0.39 is 17.8 Å². The van der Waals surface area contributed by atoms with E-state index in [0.29, 0.717) is 11.1 Å². The van der Waals surface area contributed by atoms with Gasteiger partial charge in [-0.2, -0.15) is 0 Å². The van der Waals surface area contributed by atoms with Crippen LogP contribution < -0.4 is 10.6 Å². The highest BCUT2D eigenvalue weighted by Crippen LogP contribution is 2.28. The lowest BCUT2D eigenvalue weighted by Crippen LogP contribution is -2.15. The number of rotatable bonds is 6. The Labute approximate surface area is 166 Å². The number of nitrogens with one attached hydrogen (secondary N) is 2. The average Bonchev–Trinajstić information content (AvgIpc) is 3.07. The molecule has 0 saturated carbocycles. The van der Waals surface area contributed by atoms with E-state index in [1.807, 2.05) is 32.0 Å². The SMILES string of the molecule is COC(=O)Nc1cc(NC(=O)c2oc3ccccc3c2COC(C)C)ccc1F. The lowest BCUT2D eigenvalue weighted by Gasteiger charge is -2.10. The topological polar surface area (TPSA) is 89.8 Å². The summed E-state index contributed by atoms with van der Waals surface area (Å²) in [6, 6.07) is 11.1. The summed E-state index contributed by atoms with van der Waals surface area (Å²) in [5.74, 6) is -1.07. The highest BCUT2D eigenvalue weighted by atomic mass is 19.1. The number of halogens is 1. The fourth-order valence-electron chi connectivity index (χ4n) is 2.72. The normalized spacial score (nSPS) is 10.9. The van der Waals surface area contributed by atoms with Crippen molar-refractivity contribution in [1.29, 1.82) is 0 Å². The van der Waals surface area contributed by atoms with E-state index in [9.17, 15) is 14.0 Å². The third kappa shape index (κ3) is 4.72. The molecule has 0 saturated heterocycles. The number of carbonyl (C=O) groups is 2. The molecule has 1 aromatic heterocycles. The van der Waals surface area contributed by atoms with Crippen LogP contribution in [0.4, 0.5) is 20.6 Å². The number of hydrogen-bond donors (Lipinski definition) is 2. The number of methoxy groups -OCH3 is 1. The van der Waals surface area contributed by atoms with E-state index in [1.54, 1.807) is 6.07 Å². The first-order valence-corrected chi connectivity index (χ1v) is 8.97. The maximum atomic E-state index is 13.9. The second-order valence-corrected chi connectivity index (χ2v) is 6.53. The first-order valence-electron chi connectivity index (χ1n) is 8.97. The van der Waals surface area contributed by atoms with Gasteiger partial charge < -0.3 is 19.2 Å². The van der Waals surface area contributed by atoms with E-state index in [1.165, 1.54) is 19.2 Å². The lowest BCUT2D eigenvalue weighted by atomic mass is 10.1. The Hall–Kier alpha value is -3.39. The zero-order valence-corrected chi connectivity index (χ0v) is 16.2.